The predicted octanol–water partition coefficient (Wildman–Crippen LogP) is 3.43. The van der Waals surface area contributed by atoms with Crippen molar-refractivity contribution in [2.24, 2.45) is 10.2 Å². The largest absolute Gasteiger partial charge is 0.298 e. The van der Waals surface area contributed by atoms with E-state index in [4.69, 9.17) is 0 Å². The summed E-state index contributed by atoms with van der Waals surface area (Å²) in [5.41, 5.74) is 0.154. The third-order valence-corrected chi connectivity index (χ3v) is 6.34. The Morgan fingerprint density at radius 3 is 2.23 bits per heavy atom. The third kappa shape index (κ3) is 4.04. The van der Waals surface area contributed by atoms with Crippen molar-refractivity contribution in [1.82, 2.24) is 0 Å². The highest BCUT2D eigenvalue weighted by Crippen LogP contribution is 2.34. The van der Waals surface area contributed by atoms with E-state index in [0.29, 0.717) is 5.69 Å². The smallest absolute Gasteiger partial charge is 0.293 e. The van der Waals surface area contributed by atoms with E-state index in [1.807, 2.05) is 18.2 Å². The number of rotatable bonds is 3. The van der Waals surface area contributed by atoms with E-state index >= 15 is 0 Å². The number of Topliss-reactive ketones (excluding diaryl/α,β-unsaturated/α-hetero) is 1. The molecule has 9 nitrogen and oxygen atoms in total. The summed E-state index contributed by atoms with van der Waals surface area (Å²) in [5.74, 6) is -1.08. The van der Waals surface area contributed by atoms with Gasteiger partial charge in [-0.2, -0.15) is 8.42 Å². The van der Waals surface area contributed by atoms with Crippen LogP contribution in [0.3, 0.4) is 0 Å². The molecule has 0 radical (unpaired) electrons. The predicted molar refractivity (Wildman–Crippen MR) is 116 cm³/mol. The van der Waals surface area contributed by atoms with Crippen LogP contribution >= 0.6 is 0 Å². The van der Waals surface area contributed by atoms with Crippen LogP contribution in [0.5, 0.6) is 0 Å². The molecule has 31 heavy (non-hydrogen) atoms. The van der Waals surface area contributed by atoms with Gasteiger partial charge in [0.05, 0.1) is 10.6 Å². The summed E-state index contributed by atoms with van der Waals surface area (Å²) >= 11 is 0. The Morgan fingerprint density at radius 1 is 0.806 bits per heavy atom. The van der Waals surface area contributed by atoms with E-state index in [9.17, 15) is 31.1 Å². The zero-order chi connectivity index (χ0) is 22.4. The zero-order valence-electron chi connectivity index (χ0n) is 15.5. The highest BCUT2D eigenvalue weighted by Gasteiger charge is 2.34. The molecule has 11 heteroatoms. The minimum absolute atomic E-state index is 0.00702. The number of ketones is 1. The summed E-state index contributed by atoms with van der Waals surface area (Å²) in [4.78, 5) is 11.4. The highest BCUT2D eigenvalue weighted by atomic mass is 32.2. The average molecular weight is 458 g/mol. The second-order valence-electron chi connectivity index (χ2n) is 6.61. The number of fused-ring (bicyclic) bond motifs is 2. The van der Waals surface area contributed by atoms with Gasteiger partial charge >= 0.3 is 0 Å². The van der Waals surface area contributed by atoms with Crippen LogP contribution in [-0.2, 0) is 25.0 Å². The maximum absolute atomic E-state index is 12.7. The summed E-state index contributed by atoms with van der Waals surface area (Å²) in [6.45, 7) is 0. The molecular formula is C20H14N2O7S2. The summed E-state index contributed by atoms with van der Waals surface area (Å²) in [6.07, 6.45) is 4.22. The number of hydrogen-bond acceptors (Lipinski definition) is 6. The average Bonchev–Trinajstić information content (AvgIpc) is 2.71. The van der Waals surface area contributed by atoms with Crippen LogP contribution in [0.2, 0.25) is 0 Å². The standard InChI is InChI=1S/C20H14N2O7S2/c23-20-18(31(27,28)29)11-13-10-14(30(24,25)26)8-9-16(13)19(20)22-21-17-7-3-5-12-4-1-2-6-15(12)17/h1-11H,(H2,24,25,26)(H,27,28,29). The van der Waals surface area contributed by atoms with Gasteiger partial charge in [-0.05, 0) is 35.3 Å². The first kappa shape index (κ1) is 21.0. The first-order valence-electron chi connectivity index (χ1n) is 8.69. The molecule has 0 unspecified atom stereocenters. The van der Waals surface area contributed by atoms with Crippen LogP contribution in [0.15, 0.2) is 98.7 Å². The quantitative estimate of drug-likeness (QED) is 0.362. The van der Waals surface area contributed by atoms with Gasteiger partial charge < -0.3 is 0 Å². The maximum Gasteiger partial charge on any atom is 0.298 e. The molecule has 0 saturated heterocycles. The molecule has 0 spiro atoms. The first-order chi connectivity index (χ1) is 14.6. The SMILES string of the molecule is O=C1C(S(=O)(=O)O)=CC2=CC(=S(=O)(O)O)C=CC2=C1N=Nc1cccc2ccccc12. The van der Waals surface area contributed by atoms with Crippen molar-refractivity contribution in [2.75, 3.05) is 0 Å². The Bertz CT molecular complexity index is 1520. The molecule has 2 aliphatic carbocycles. The molecule has 158 valence electrons. The molecule has 0 heterocycles. The van der Waals surface area contributed by atoms with Gasteiger partial charge in [0.15, 0.2) is 0 Å². The molecular weight excluding hydrogens is 444 g/mol. The van der Waals surface area contributed by atoms with Gasteiger partial charge in [-0.3, -0.25) is 18.5 Å². The molecule has 0 bridgehead atoms. The molecule has 0 aliphatic heterocycles. The minimum Gasteiger partial charge on any atom is -0.293 e. The highest BCUT2D eigenvalue weighted by molar-refractivity contribution is 7.92. The van der Waals surface area contributed by atoms with Crippen molar-refractivity contribution in [1.29, 1.82) is 0 Å². The Kier molecular flexibility index (Phi) is 5.07. The molecule has 3 N–H and O–H groups in total. The second-order valence-corrected chi connectivity index (χ2v) is 9.46. The van der Waals surface area contributed by atoms with Crippen molar-refractivity contribution < 1.29 is 31.1 Å². The lowest BCUT2D eigenvalue weighted by Crippen LogP contribution is -2.21. The van der Waals surface area contributed by atoms with Gasteiger partial charge in [0.1, 0.15) is 10.6 Å². The van der Waals surface area contributed by atoms with Gasteiger partial charge in [-0.25, -0.2) is 4.21 Å². The van der Waals surface area contributed by atoms with E-state index in [-0.39, 0.29) is 16.8 Å². The van der Waals surface area contributed by atoms with Gasteiger partial charge in [0.2, 0.25) is 15.9 Å². The Hall–Kier alpha value is -3.22. The van der Waals surface area contributed by atoms with Crippen LogP contribution in [-0.4, -0.2) is 36.9 Å². The summed E-state index contributed by atoms with van der Waals surface area (Å²) in [7, 11) is -9.26. The number of benzene rings is 2. The third-order valence-electron chi connectivity index (χ3n) is 4.61. The van der Waals surface area contributed by atoms with Crippen LogP contribution in [0, 0.1) is 0 Å². The molecule has 0 atom stereocenters. The number of hydrogen-bond donors (Lipinski definition) is 3. The minimum atomic E-state index is -4.92. The second kappa shape index (κ2) is 7.48. The molecule has 2 aliphatic rings. The fraction of sp³-hybridized carbons (Fsp3) is 0. The number of nitrogens with zero attached hydrogens (tertiary/aromatic N) is 2. The van der Waals surface area contributed by atoms with Crippen LogP contribution in [0.1, 0.15) is 0 Å². The zero-order valence-corrected chi connectivity index (χ0v) is 17.2. The normalized spacial score (nSPS) is 17.3. The van der Waals surface area contributed by atoms with Crippen molar-refractivity contribution in [3.8, 4) is 0 Å². The lowest BCUT2D eigenvalue weighted by molar-refractivity contribution is -0.111. The van der Waals surface area contributed by atoms with Crippen LogP contribution in [0.25, 0.3) is 10.8 Å². The molecule has 0 aromatic heterocycles. The van der Waals surface area contributed by atoms with E-state index in [1.54, 1.807) is 24.3 Å². The van der Waals surface area contributed by atoms with Crippen molar-refractivity contribution in [3.05, 3.63) is 88.5 Å². The van der Waals surface area contributed by atoms with E-state index in [0.717, 1.165) is 29.0 Å². The van der Waals surface area contributed by atoms with Gasteiger partial charge in [0, 0.05) is 11.0 Å². The molecule has 0 amide bonds. The van der Waals surface area contributed by atoms with Crippen LogP contribution < -0.4 is 0 Å². The number of carbonyl (C=O) groups is 1. The van der Waals surface area contributed by atoms with Gasteiger partial charge in [-0.15, -0.1) is 10.2 Å². The Labute approximate surface area is 177 Å². The lowest BCUT2D eigenvalue weighted by Gasteiger charge is -2.19. The van der Waals surface area contributed by atoms with Gasteiger partial charge in [0.25, 0.3) is 10.1 Å². The van der Waals surface area contributed by atoms with Crippen molar-refractivity contribution in [2.45, 2.75) is 0 Å². The molecule has 0 fully saturated rings. The summed E-state index contributed by atoms with van der Waals surface area (Å²) in [6, 6.07) is 12.6. The number of azo groups is 1. The van der Waals surface area contributed by atoms with E-state index < -0.39 is 35.8 Å². The Balaban J connectivity index is 1.90. The number of allylic oxidation sites excluding steroid dienone is 7. The first-order valence-corrected chi connectivity index (χ1v) is 11.6. The van der Waals surface area contributed by atoms with E-state index in [2.05, 4.69) is 10.2 Å². The summed E-state index contributed by atoms with van der Waals surface area (Å²) < 4.78 is 63.1. The van der Waals surface area contributed by atoms with Crippen molar-refractivity contribution in [3.63, 3.8) is 0 Å². The molecule has 4 rings (SSSR count). The van der Waals surface area contributed by atoms with E-state index in [1.165, 1.54) is 6.08 Å². The fourth-order valence-electron chi connectivity index (χ4n) is 3.18. The van der Waals surface area contributed by atoms with Crippen LogP contribution in [0.4, 0.5) is 5.69 Å². The molecule has 2 aromatic rings. The monoisotopic (exact) mass is 458 g/mol. The fourth-order valence-corrected chi connectivity index (χ4v) is 4.31. The molecule has 0 saturated carbocycles. The van der Waals surface area contributed by atoms with Crippen molar-refractivity contribution >= 4 is 47.3 Å². The molecule has 2 aromatic carbocycles. The number of carbonyl (C=O) groups excluding carboxylic acids is 1. The van der Waals surface area contributed by atoms with Gasteiger partial charge in [-0.1, -0.05) is 42.5 Å². The maximum atomic E-state index is 12.7. The topological polar surface area (TPSA) is 154 Å². The lowest BCUT2D eigenvalue weighted by atomic mass is 9.92. The summed E-state index contributed by atoms with van der Waals surface area (Å²) in [5, 5.41) is 9.69. The Morgan fingerprint density at radius 2 is 1.52 bits per heavy atom.